The molecule has 1 aliphatic rings. The summed E-state index contributed by atoms with van der Waals surface area (Å²) in [6, 6.07) is 11.4. The Morgan fingerprint density at radius 1 is 1.18 bits per heavy atom. The first-order valence-electron chi connectivity index (χ1n) is 9.54. The van der Waals surface area contributed by atoms with Crippen LogP contribution in [0.5, 0.6) is 11.5 Å². The summed E-state index contributed by atoms with van der Waals surface area (Å²) in [6.07, 6.45) is 1.96. The van der Waals surface area contributed by atoms with Gasteiger partial charge in [0.05, 0.1) is 0 Å². The predicted molar refractivity (Wildman–Crippen MR) is 106 cm³/mol. The molecule has 2 amide bonds. The van der Waals surface area contributed by atoms with Crippen LogP contribution in [0.2, 0.25) is 0 Å². The second-order valence-corrected chi connectivity index (χ2v) is 7.46. The minimum atomic E-state index is -0.469. The van der Waals surface area contributed by atoms with Crippen molar-refractivity contribution in [2.45, 2.75) is 45.2 Å². The summed E-state index contributed by atoms with van der Waals surface area (Å²) in [5.74, 6) is -0.620. The third-order valence-corrected chi connectivity index (χ3v) is 5.05. The van der Waals surface area contributed by atoms with Crippen LogP contribution in [0.25, 0.3) is 0 Å². The minimum Gasteiger partial charge on any atom is -0.504 e. The molecule has 3 N–H and O–H groups in total. The molecule has 0 saturated carbocycles. The van der Waals surface area contributed by atoms with Gasteiger partial charge in [0.15, 0.2) is 11.5 Å². The number of amides is 2. The summed E-state index contributed by atoms with van der Waals surface area (Å²) in [4.78, 5) is 27.3. The van der Waals surface area contributed by atoms with Gasteiger partial charge in [-0.2, -0.15) is 0 Å². The Labute approximate surface area is 164 Å². The molecular formula is C22H26N2O4. The van der Waals surface area contributed by atoms with Crippen molar-refractivity contribution in [1.82, 2.24) is 10.2 Å². The van der Waals surface area contributed by atoms with Crippen LogP contribution in [0.3, 0.4) is 0 Å². The normalized spacial score (nSPS) is 17.4. The predicted octanol–water partition coefficient (Wildman–Crippen LogP) is 2.76. The molecule has 0 aliphatic carbocycles. The topological polar surface area (TPSA) is 89.9 Å². The highest BCUT2D eigenvalue weighted by atomic mass is 16.3. The van der Waals surface area contributed by atoms with Crippen LogP contribution in [-0.4, -0.2) is 45.6 Å². The van der Waals surface area contributed by atoms with Crippen LogP contribution in [-0.2, 0) is 11.2 Å². The number of hydrogen-bond acceptors (Lipinski definition) is 4. The number of benzene rings is 2. The summed E-state index contributed by atoms with van der Waals surface area (Å²) >= 11 is 0. The van der Waals surface area contributed by atoms with Crippen molar-refractivity contribution < 1.29 is 19.8 Å². The number of aryl methyl sites for hydroxylation is 1. The van der Waals surface area contributed by atoms with Crippen molar-refractivity contribution in [3.63, 3.8) is 0 Å². The van der Waals surface area contributed by atoms with Crippen LogP contribution in [0, 0.1) is 6.92 Å². The van der Waals surface area contributed by atoms with E-state index in [9.17, 15) is 19.8 Å². The molecule has 1 aliphatic heterocycles. The van der Waals surface area contributed by atoms with Gasteiger partial charge in [-0.15, -0.1) is 0 Å². The lowest BCUT2D eigenvalue weighted by Gasteiger charge is -2.26. The maximum absolute atomic E-state index is 12.9. The first kappa shape index (κ1) is 19.7. The van der Waals surface area contributed by atoms with Crippen molar-refractivity contribution in [3.8, 4) is 11.5 Å². The fourth-order valence-corrected chi connectivity index (χ4v) is 3.67. The lowest BCUT2D eigenvalue weighted by molar-refractivity contribution is -0.125. The van der Waals surface area contributed by atoms with Crippen molar-refractivity contribution in [2.75, 3.05) is 6.54 Å². The van der Waals surface area contributed by atoms with E-state index in [4.69, 9.17) is 0 Å². The Morgan fingerprint density at radius 2 is 1.96 bits per heavy atom. The van der Waals surface area contributed by atoms with E-state index >= 15 is 0 Å². The zero-order chi connectivity index (χ0) is 20.3. The summed E-state index contributed by atoms with van der Waals surface area (Å²) in [5.41, 5.74) is 2.42. The average Bonchev–Trinajstić information content (AvgIpc) is 3.14. The highest BCUT2D eigenvalue weighted by Crippen LogP contribution is 2.25. The van der Waals surface area contributed by atoms with Crippen LogP contribution in [0.4, 0.5) is 0 Å². The van der Waals surface area contributed by atoms with E-state index in [0.717, 1.165) is 17.5 Å². The van der Waals surface area contributed by atoms with E-state index in [0.29, 0.717) is 24.9 Å². The van der Waals surface area contributed by atoms with Crippen molar-refractivity contribution >= 4 is 11.8 Å². The SMILES string of the molecule is Cc1cccc(C(=O)N2CCC[C@@H]2C(=O)NC(C)Cc2ccc(O)c(O)c2)c1. The van der Waals surface area contributed by atoms with Gasteiger partial charge < -0.3 is 20.4 Å². The zero-order valence-corrected chi connectivity index (χ0v) is 16.2. The molecule has 2 aromatic carbocycles. The largest absolute Gasteiger partial charge is 0.504 e. The molecule has 1 unspecified atom stereocenters. The van der Waals surface area contributed by atoms with E-state index in [1.807, 2.05) is 32.0 Å². The van der Waals surface area contributed by atoms with Crippen molar-refractivity contribution in [2.24, 2.45) is 0 Å². The summed E-state index contributed by atoms with van der Waals surface area (Å²) in [6.45, 7) is 4.39. The Morgan fingerprint density at radius 3 is 2.68 bits per heavy atom. The Balaban J connectivity index is 1.63. The van der Waals surface area contributed by atoms with Crippen molar-refractivity contribution in [3.05, 3.63) is 59.2 Å². The number of phenolic OH excluding ortho intramolecular Hbond substituents is 2. The van der Waals surface area contributed by atoms with Gasteiger partial charge in [-0.1, -0.05) is 23.8 Å². The fraction of sp³-hybridized carbons (Fsp3) is 0.364. The highest BCUT2D eigenvalue weighted by Gasteiger charge is 2.34. The van der Waals surface area contributed by atoms with E-state index < -0.39 is 6.04 Å². The van der Waals surface area contributed by atoms with Gasteiger partial charge in [0.25, 0.3) is 5.91 Å². The smallest absolute Gasteiger partial charge is 0.254 e. The molecule has 0 radical (unpaired) electrons. The third-order valence-electron chi connectivity index (χ3n) is 5.05. The summed E-state index contributed by atoms with van der Waals surface area (Å²) in [7, 11) is 0. The van der Waals surface area contributed by atoms with Gasteiger partial charge >= 0.3 is 0 Å². The number of aromatic hydroxyl groups is 2. The van der Waals surface area contributed by atoms with Crippen molar-refractivity contribution in [1.29, 1.82) is 0 Å². The van der Waals surface area contributed by atoms with E-state index in [2.05, 4.69) is 5.32 Å². The zero-order valence-electron chi connectivity index (χ0n) is 16.2. The molecule has 0 aromatic heterocycles. The second-order valence-electron chi connectivity index (χ2n) is 7.46. The van der Waals surface area contributed by atoms with Crippen LogP contribution >= 0.6 is 0 Å². The number of carbonyl (C=O) groups excluding carboxylic acids is 2. The monoisotopic (exact) mass is 382 g/mol. The molecule has 0 spiro atoms. The molecule has 6 heteroatoms. The van der Waals surface area contributed by atoms with Gasteiger partial charge in [-0.25, -0.2) is 0 Å². The Bertz CT molecular complexity index is 881. The van der Waals surface area contributed by atoms with Gasteiger partial charge in [-0.3, -0.25) is 9.59 Å². The standard InChI is InChI=1S/C22H26N2O4/c1-14-5-3-6-17(11-14)22(28)24-10-4-7-18(24)21(27)23-15(2)12-16-8-9-19(25)20(26)13-16/h3,5-6,8-9,11,13,15,18,25-26H,4,7,10,12H2,1-2H3,(H,23,27)/t15?,18-/m1/s1. The minimum absolute atomic E-state index is 0.113. The number of carbonyl (C=O) groups is 2. The molecule has 148 valence electrons. The number of rotatable bonds is 5. The maximum atomic E-state index is 12.9. The van der Waals surface area contributed by atoms with Crippen LogP contribution < -0.4 is 5.32 Å². The van der Waals surface area contributed by atoms with E-state index in [-0.39, 0.29) is 29.4 Å². The van der Waals surface area contributed by atoms with Gasteiger partial charge in [0.2, 0.25) is 5.91 Å². The molecule has 3 rings (SSSR count). The van der Waals surface area contributed by atoms with E-state index in [1.165, 1.54) is 12.1 Å². The molecule has 1 saturated heterocycles. The molecule has 2 atom stereocenters. The molecular weight excluding hydrogens is 356 g/mol. The van der Waals surface area contributed by atoms with E-state index in [1.54, 1.807) is 17.0 Å². The van der Waals surface area contributed by atoms with Gasteiger partial charge in [0, 0.05) is 18.2 Å². The molecule has 6 nitrogen and oxygen atoms in total. The first-order chi connectivity index (χ1) is 13.3. The lowest BCUT2D eigenvalue weighted by atomic mass is 10.1. The van der Waals surface area contributed by atoms with Gasteiger partial charge in [0.1, 0.15) is 6.04 Å². The quantitative estimate of drug-likeness (QED) is 0.694. The number of hydrogen-bond donors (Lipinski definition) is 3. The Hall–Kier alpha value is -3.02. The molecule has 28 heavy (non-hydrogen) atoms. The molecule has 1 fully saturated rings. The lowest BCUT2D eigenvalue weighted by Crippen LogP contribution is -2.48. The molecule has 2 aromatic rings. The summed E-state index contributed by atoms with van der Waals surface area (Å²) < 4.78 is 0. The summed E-state index contributed by atoms with van der Waals surface area (Å²) in [5, 5.41) is 22.0. The average molecular weight is 382 g/mol. The fourth-order valence-electron chi connectivity index (χ4n) is 3.67. The maximum Gasteiger partial charge on any atom is 0.254 e. The van der Waals surface area contributed by atoms with Crippen LogP contribution in [0.15, 0.2) is 42.5 Å². The Kier molecular flexibility index (Phi) is 5.87. The second kappa shape index (κ2) is 8.33. The number of phenols is 2. The third kappa shape index (κ3) is 4.44. The highest BCUT2D eigenvalue weighted by molar-refractivity contribution is 5.98. The van der Waals surface area contributed by atoms with Gasteiger partial charge in [-0.05, 0) is 62.9 Å². The number of likely N-dealkylation sites (tertiary alicyclic amines) is 1. The molecule has 0 bridgehead atoms. The first-order valence-corrected chi connectivity index (χ1v) is 9.54. The number of nitrogens with one attached hydrogen (secondary N) is 1. The molecule has 1 heterocycles. The number of nitrogens with zero attached hydrogens (tertiary/aromatic N) is 1. The van der Waals surface area contributed by atoms with Crippen LogP contribution in [0.1, 0.15) is 41.3 Å².